The van der Waals surface area contributed by atoms with Crippen molar-refractivity contribution in [3.8, 4) is 0 Å². The van der Waals surface area contributed by atoms with Gasteiger partial charge >= 0.3 is 0 Å². The van der Waals surface area contributed by atoms with Crippen LogP contribution in [-0.4, -0.2) is 44.8 Å². The van der Waals surface area contributed by atoms with Crippen molar-refractivity contribution in [2.75, 3.05) is 17.9 Å². The van der Waals surface area contributed by atoms with Gasteiger partial charge in [-0.3, -0.25) is 13.9 Å². The van der Waals surface area contributed by atoms with Crippen molar-refractivity contribution in [3.63, 3.8) is 0 Å². The molecule has 1 atom stereocenters. The van der Waals surface area contributed by atoms with Crippen molar-refractivity contribution in [3.05, 3.63) is 130 Å². The number of rotatable bonds is 12. The van der Waals surface area contributed by atoms with Crippen LogP contribution in [0.25, 0.3) is 0 Å². The summed E-state index contributed by atoms with van der Waals surface area (Å²) in [6.07, 6.45) is 0.787. The molecule has 0 unspecified atom stereocenters. The molecule has 0 spiro atoms. The van der Waals surface area contributed by atoms with Crippen molar-refractivity contribution in [2.24, 2.45) is 0 Å². The predicted octanol–water partition coefficient (Wildman–Crippen LogP) is 5.79. The van der Waals surface area contributed by atoms with Gasteiger partial charge in [-0.2, -0.15) is 0 Å². The van der Waals surface area contributed by atoms with Crippen LogP contribution in [0.5, 0.6) is 0 Å². The summed E-state index contributed by atoms with van der Waals surface area (Å²) in [5.74, 6) is -0.905. The molecule has 0 aromatic heterocycles. The van der Waals surface area contributed by atoms with Crippen LogP contribution in [0.15, 0.2) is 108 Å². The summed E-state index contributed by atoms with van der Waals surface area (Å²) in [7, 11) is -2.65. The molecule has 0 fully saturated rings. The summed E-state index contributed by atoms with van der Waals surface area (Å²) < 4.78 is 29.5. The number of carbonyl (C=O) groups excluding carboxylic acids is 2. The minimum Gasteiger partial charge on any atom is -0.357 e. The SMILES string of the molecule is CCc1ccccc1N(CC(=O)N(Cc1ccccc1Cl)[C@H](Cc1ccccc1)C(=O)NC)S(=O)(=O)c1ccc(C)cc1. The monoisotopic (exact) mass is 617 g/mol. The third kappa shape index (κ3) is 7.63. The molecule has 7 nitrogen and oxygen atoms in total. The highest BCUT2D eigenvalue weighted by atomic mass is 35.5. The van der Waals surface area contributed by atoms with Crippen molar-refractivity contribution >= 4 is 39.1 Å². The third-order valence-electron chi connectivity index (χ3n) is 7.35. The van der Waals surface area contributed by atoms with E-state index >= 15 is 0 Å². The van der Waals surface area contributed by atoms with Crippen molar-refractivity contribution in [1.29, 1.82) is 0 Å². The lowest BCUT2D eigenvalue weighted by Gasteiger charge is -2.34. The Morgan fingerprint density at radius 1 is 0.837 bits per heavy atom. The van der Waals surface area contributed by atoms with Gasteiger partial charge in [0.25, 0.3) is 10.0 Å². The minimum atomic E-state index is -4.16. The van der Waals surface area contributed by atoms with Gasteiger partial charge in [0.05, 0.1) is 10.6 Å². The number of nitrogens with one attached hydrogen (secondary N) is 1. The summed E-state index contributed by atoms with van der Waals surface area (Å²) in [6.45, 7) is 3.31. The summed E-state index contributed by atoms with van der Waals surface area (Å²) in [6, 6.07) is 29.3. The topological polar surface area (TPSA) is 86.8 Å². The fourth-order valence-corrected chi connectivity index (χ4v) is 6.58. The zero-order chi connectivity index (χ0) is 31.0. The molecule has 4 aromatic carbocycles. The van der Waals surface area contributed by atoms with Crippen LogP contribution in [0.4, 0.5) is 5.69 Å². The van der Waals surface area contributed by atoms with Crippen LogP contribution in [0.3, 0.4) is 0 Å². The second-order valence-corrected chi connectivity index (χ2v) is 12.5. The number of anilines is 1. The smallest absolute Gasteiger partial charge is 0.264 e. The zero-order valence-electron chi connectivity index (χ0n) is 24.5. The van der Waals surface area contributed by atoms with Crippen LogP contribution >= 0.6 is 11.6 Å². The van der Waals surface area contributed by atoms with E-state index in [1.807, 2.05) is 62.4 Å². The number of carbonyl (C=O) groups is 2. The molecule has 224 valence electrons. The predicted molar refractivity (Wildman–Crippen MR) is 172 cm³/mol. The van der Waals surface area contributed by atoms with Gasteiger partial charge in [-0.25, -0.2) is 8.42 Å². The highest BCUT2D eigenvalue weighted by Gasteiger charge is 2.35. The molecule has 2 amide bonds. The summed E-state index contributed by atoms with van der Waals surface area (Å²) in [4.78, 5) is 29.3. The van der Waals surface area contributed by atoms with E-state index in [9.17, 15) is 18.0 Å². The lowest BCUT2D eigenvalue weighted by atomic mass is 10.0. The average Bonchev–Trinajstić information content (AvgIpc) is 3.02. The van der Waals surface area contributed by atoms with Gasteiger partial charge < -0.3 is 10.2 Å². The Bertz CT molecular complexity index is 1660. The van der Waals surface area contributed by atoms with Crippen LogP contribution in [0.1, 0.15) is 29.2 Å². The maximum atomic E-state index is 14.4. The summed E-state index contributed by atoms with van der Waals surface area (Å²) in [5.41, 5.74) is 3.60. The molecule has 0 bridgehead atoms. The Kier molecular flexibility index (Phi) is 10.6. The Morgan fingerprint density at radius 3 is 2.07 bits per heavy atom. The molecule has 0 aliphatic rings. The number of amides is 2. The molecular formula is C34H36ClN3O4S. The number of hydrogen-bond acceptors (Lipinski definition) is 4. The quantitative estimate of drug-likeness (QED) is 0.218. The molecule has 0 heterocycles. The van der Waals surface area contributed by atoms with Gasteiger partial charge in [0, 0.05) is 25.0 Å². The van der Waals surface area contributed by atoms with Crippen molar-refractivity contribution in [1.82, 2.24) is 10.2 Å². The molecule has 0 saturated heterocycles. The highest BCUT2D eigenvalue weighted by Crippen LogP contribution is 2.29. The van der Waals surface area contributed by atoms with Crippen molar-refractivity contribution in [2.45, 2.75) is 44.2 Å². The number of likely N-dealkylation sites (N-methyl/N-ethyl adjacent to an activating group) is 1. The fraction of sp³-hybridized carbons (Fsp3) is 0.235. The van der Waals surface area contributed by atoms with E-state index in [4.69, 9.17) is 11.6 Å². The van der Waals surface area contributed by atoms with Crippen LogP contribution in [0.2, 0.25) is 5.02 Å². The molecule has 9 heteroatoms. The molecular weight excluding hydrogens is 582 g/mol. The van der Waals surface area contributed by atoms with Crippen molar-refractivity contribution < 1.29 is 18.0 Å². The van der Waals surface area contributed by atoms with E-state index in [1.165, 1.54) is 11.9 Å². The first-order valence-electron chi connectivity index (χ1n) is 14.1. The highest BCUT2D eigenvalue weighted by molar-refractivity contribution is 7.92. The molecule has 43 heavy (non-hydrogen) atoms. The van der Waals surface area contributed by atoms with Gasteiger partial charge in [0.1, 0.15) is 12.6 Å². The first kappa shape index (κ1) is 31.8. The second-order valence-electron chi connectivity index (χ2n) is 10.2. The normalized spacial score (nSPS) is 11.9. The largest absolute Gasteiger partial charge is 0.357 e. The number of benzene rings is 4. The van der Waals surface area contributed by atoms with E-state index in [0.717, 1.165) is 21.0 Å². The maximum Gasteiger partial charge on any atom is 0.264 e. The van der Waals surface area contributed by atoms with Gasteiger partial charge in [-0.15, -0.1) is 0 Å². The molecule has 4 aromatic rings. The van der Waals surface area contributed by atoms with Gasteiger partial charge in [-0.1, -0.05) is 103 Å². The Hall–Kier alpha value is -4.14. The van der Waals surface area contributed by atoms with Gasteiger partial charge in [0.2, 0.25) is 11.8 Å². The van der Waals surface area contributed by atoms with E-state index < -0.39 is 28.5 Å². The van der Waals surface area contributed by atoms with E-state index in [1.54, 1.807) is 54.6 Å². The van der Waals surface area contributed by atoms with Crippen LogP contribution in [0, 0.1) is 6.92 Å². The molecule has 0 radical (unpaired) electrons. The number of aryl methyl sites for hydroxylation is 2. The number of hydrogen-bond donors (Lipinski definition) is 1. The Labute approximate surface area is 259 Å². The molecule has 0 aliphatic carbocycles. The fourth-order valence-electron chi connectivity index (χ4n) is 4.93. The summed E-state index contributed by atoms with van der Waals surface area (Å²) >= 11 is 6.51. The number of para-hydroxylation sites is 1. The van der Waals surface area contributed by atoms with Crippen LogP contribution in [-0.2, 0) is 39.0 Å². The maximum absolute atomic E-state index is 14.4. The zero-order valence-corrected chi connectivity index (χ0v) is 26.1. The van der Waals surface area contributed by atoms with Gasteiger partial charge in [0.15, 0.2) is 0 Å². The lowest BCUT2D eigenvalue weighted by Crippen LogP contribution is -2.53. The standard InChI is InChI=1S/C34H36ClN3O4S/c1-4-27-14-9-11-17-31(27)38(43(41,42)29-20-18-25(2)19-21-29)24-33(39)37(23-28-15-8-10-16-30(28)35)32(34(40)36-3)22-26-12-6-5-7-13-26/h5-21,32H,4,22-24H2,1-3H3,(H,36,40)/t32-/m1/s1. The molecule has 0 aliphatic heterocycles. The Balaban J connectivity index is 1.82. The minimum absolute atomic E-state index is 0.0112. The van der Waals surface area contributed by atoms with Gasteiger partial charge in [-0.05, 0) is 54.3 Å². The summed E-state index contributed by atoms with van der Waals surface area (Å²) in [5, 5.41) is 3.13. The third-order valence-corrected chi connectivity index (χ3v) is 9.49. The lowest BCUT2D eigenvalue weighted by molar-refractivity contribution is -0.139. The Morgan fingerprint density at radius 2 is 1.44 bits per heavy atom. The molecule has 4 rings (SSSR count). The van der Waals surface area contributed by atoms with Crippen LogP contribution < -0.4 is 9.62 Å². The number of sulfonamides is 1. The first-order valence-corrected chi connectivity index (χ1v) is 15.9. The molecule has 1 N–H and O–H groups in total. The number of nitrogens with zero attached hydrogens (tertiary/aromatic N) is 2. The first-order chi connectivity index (χ1) is 20.6. The van der Waals surface area contributed by atoms with E-state index in [0.29, 0.717) is 22.7 Å². The second kappa shape index (κ2) is 14.4. The number of halogens is 1. The molecule has 0 saturated carbocycles. The van der Waals surface area contributed by atoms with E-state index in [2.05, 4.69) is 5.32 Å². The van der Waals surface area contributed by atoms with E-state index in [-0.39, 0.29) is 23.8 Å². The average molecular weight is 618 g/mol.